The number of hydrogen-bond donors (Lipinski definition) is 3. The maximum atomic E-state index is 14.4. The van der Waals surface area contributed by atoms with Gasteiger partial charge in [-0.2, -0.15) is 0 Å². The Balaban J connectivity index is 1.53. The predicted molar refractivity (Wildman–Crippen MR) is 181 cm³/mol. The SMILES string of the molecule is [N-]=[N+]=Nc1ccccc1[C@@H]1OC(c2ccc(OCCCO)cc2)=N[C@]1(CCS(=O)(=O)c1ccccc1)C(=O)NNCCc1ccccc1. The Morgan fingerprint density at radius 3 is 2.38 bits per heavy atom. The Kier molecular flexibility index (Phi) is 11.4. The van der Waals surface area contributed by atoms with Gasteiger partial charge in [0, 0.05) is 47.7 Å². The molecule has 0 saturated heterocycles. The minimum atomic E-state index is -3.85. The lowest BCUT2D eigenvalue weighted by Crippen LogP contribution is -2.53. The highest BCUT2D eigenvalue weighted by Crippen LogP contribution is 2.45. The number of carbonyl (C=O) groups excluding carboxylic acids is 1. The van der Waals surface area contributed by atoms with Crippen LogP contribution in [-0.4, -0.2) is 56.4 Å². The molecule has 0 aromatic heterocycles. The number of amides is 1. The van der Waals surface area contributed by atoms with Crippen LogP contribution in [0.5, 0.6) is 5.75 Å². The van der Waals surface area contributed by atoms with Crippen molar-refractivity contribution in [3.8, 4) is 5.75 Å². The van der Waals surface area contributed by atoms with Crippen LogP contribution < -0.4 is 15.6 Å². The Hall–Kier alpha value is -5.20. The summed E-state index contributed by atoms with van der Waals surface area (Å²) >= 11 is 0. The van der Waals surface area contributed by atoms with Gasteiger partial charge in [-0.15, -0.1) is 0 Å². The molecule has 0 aliphatic carbocycles. The van der Waals surface area contributed by atoms with E-state index in [1.807, 2.05) is 30.3 Å². The Morgan fingerprint density at radius 2 is 1.67 bits per heavy atom. The third-order valence-electron chi connectivity index (χ3n) is 7.84. The molecule has 1 aliphatic rings. The molecule has 4 aromatic rings. The van der Waals surface area contributed by atoms with Crippen molar-refractivity contribution in [2.24, 2.45) is 10.1 Å². The van der Waals surface area contributed by atoms with Gasteiger partial charge in [-0.3, -0.25) is 10.2 Å². The Labute approximate surface area is 279 Å². The third-order valence-corrected chi connectivity index (χ3v) is 9.57. The lowest BCUT2D eigenvalue weighted by molar-refractivity contribution is -0.130. The molecule has 0 fully saturated rings. The van der Waals surface area contributed by atoms with Crippen molar-refractivity contribution in [2.75, 3.05) is 25.5 Å². The zero-order chi connectivity index (χ0) is 33.8. The van der Waals surface area contributed by atoms with Gasteiger partial charge in [0.2, 0.25) is 5.90 Å². The number of nitrogens with one attached hydrogen (secondary N) is 2. The summed E-state index contributed by atoms with van der Waals surface area (Å²) in [7, 11) is -3.85. The van der Waals surface area contributed by atoms with Crippen molar-refractivity contribution in [1.29, 1.82) is 0 Å². The molecule has 1 amide bonds. The number of rotatable bonds is 16. The van der Waals surface area contributed by atoms with Gasteiger partial charge in [-0.25, -0.2) is 18.8 Å². The highest BCUT2D eigenvalue weighted by molar-refractivity contribution is 7.91. The smallest absolute Gasteiger partial charge is 0.266 e. The molecule has 0 saturated carbocycles. The van der Waals surface area contributed by atoms with E-state index in [9.17, 15) is 18.7 Å². The van der Waals surface area contributed by atoms with Crippen LogP contribution in [0.4, 0.5) is 5.69 Å². The highest BCUT2D eigenvalue weighted by atomic mass is 32.2. The van der Waals surface area contributed by atoms with E-state index >= 15 is 0 Å². The van der Waals surface area contributed by atoms with Gasteiger partial charge in [-0.1, -0.05) is 77.9 Å². The minimum absolute atomic E-state index is 0.00664. The van der Waals surface area contributed by atoms with E-state index in [1.165, 1.54) is 12.1 Å². The molecule has 3 N–H and O–H groups in total. The molecule has 1 heterocycles. The Bertz CT molecular complexity index is 1870. The summed E-state index contributed by atoms with van der Waals surface area (Å²) in [6.45, 7) is 0.734. The second-order valence-corrected chi connectivity index (χ2v) is 13.1. The van der Waals surface area contributed by atoms with Crippen LogP contribution in [0.1, 0.15) is 35.6 Å². The van der Waals surface area contributed by atoms with Gasteiger partial charge in [0.1, 0.15) is 5.75 Å². The zero-order valence-electron chi connectivity index (χ0n) is 26.1. The van der Waals surface area contributed by atoms with Crippen LogP contribution in [0.2, 0.25) is 0 Å². The van der Waals surface area contributed by atoms with Crippen molar-refractivity contribution in [3.05, 3.63) is 136 Å². The maximum absolute atomic E-state index is 14.4. The van der Waals surface area contributed by atoms with E-state index in [0.29, 0.717) is 42.9 Å². The number of azide groups is 1. The number of carbonyl (C=O) groups is 1. The summed E-state index contributed by atoms with van der Waals surface area (Å²) in [6.07, 6.45) is -0.307. The van der Waals surface area contributed by atoms with E-state index in [0.717, 1.165) is 5.56 Å². The normalized spacial score (nSPS) is 17.1. The van der Waals surface area contributed by atoms with Crippen LogP contribution in [0.15, 0.2) is 124 Å². The number of aliphatic hydroxyl groups is 1. The lowest BCUT2D eigenvalue weighted by atomic mass is 9.84. The van der Waals surface area contributed by atoms with Gasteiger partial charge >= 0.3 is 0 Å². The predicted octanol–water partition coefficient (Wildman–Crippen LogP) is 5.37. The van der Waals surface area contributed by atoms with E-state index in [-0.39, 0.29) is 29.5 Å². The number of hydrazine groups is 1. The number of sulfone groups is 1. The van der Waals surface area contributed by atoms with Crippen molar-refractivity contribution in [2.45, 2.75) is 35.8 Å². The van der Waals surface area contributed by atoms with Gasteiger partial charge in [0.05, 0.1) is 17.3 Å². The van der Waals surface area contributed by atoms with Crippen LogP contribution in [0.25, 0.3) is 10.4 Å². The second-order valence-electron chi connectivity index (χ2n) is 11.0. The fraction of sp³-hybridized carbons (Fsp3) is 0.257. The van der Waals surface area contributed by atoms with Gasteiger partial charge < -0.3 is 14.6 Å². The summed E-state index contributed by atoms with van der Waals surface area (Å²) in [6, 6.07) is 31.3. The number of hydrogen-bond acceptors (Lipinski definition) is 9. The average molecular weight is 669 g/mol. The molecule has 0 unspecified atom stereocenters. The quantitative estimate of drug-likeness (QED) is 0.0473. The number of benzene rings is 4. The summed E-state index contributed by atoms with van der Waals surface area (Å²) in [5.41, 5.74) is 15.4. The van der Waals surface area contributed by atoms with Crippen LogP contribution >= 0.6 is 0 Å². The van der Waals surface area contributed by atoms with Crippen molar-refractivity contribution < 1.29 is 27.8 Å². The summed E-state index contributed by atoms with van der Waals surface area (Å²) in [5.74, 6) is -0.365. The molecule has 4 aromatic carbocycles. The molecule has 13 heteroatoms. The fourth-order valence-electron chi connectivity index (χ4n) is 5.33. The third kappa shape index (κ3) is 8.20. The van der Waals surface area contributed by atoms with Gasteiger partial charge in [0.15, 0.2) is 21.5 Å². The van der Waals surface area contributed by atoms with Crippen molar-refractivity contribution in [3.63, 3.8) is 0 Å². The molecular formula is C35H36N6O6S. The zero-order valence-corrected chi connectivity index (χ0v) is 26.9. The van der Waals surface area contributed by atoms with E-state index in [2.05, 4.69) is 20.9 Å². The first-order chi connectivity index (χ1) is 23.4. The molecule has 0 bridgehead atoms. The first kappa shape index (κ1) is 34.1. The van der Waals surface area contributed by atoms with Crippen molar-refractivity contribution in [1.82, 2.24) is 10.9 Å². The largest absolute Gasteiger partial charge is 0.494 e. The molecule has 0 spiro atoms. The molecule has 248 valence electrons. The second kappa shape index (κ2) is 16.1. The maximum Gasteiger partial charge on any atom is 0.266 e. The summed E-state index contributed by atoms with van der Waals surface area (Å²) in [4.78, 5) is 22.3. The van der Waals surface area contributed by atoms with Gasteiger partial charge in [0.25, 0.3) is 5.91 Å². The number of nitrogens with zero attached hydrogens (tertiary/aromatic N) is 4. The van der Waals surface area contributed by atoms with Crippen LogP contribution in [-0.2, 0) is 25.8 Å². The average Bonchev–Trinajstić information content (AvgIpc) is 3.51. The molecule has 1 aliphatic heterocycles. The van der Waals surface area contributed by atoms with Crippen LogP contribution in [0, 0.1) is 0 Å². The van der Waals surface area contributed by atoms with E-state index in [1.54, 1.807) is 66.7 Å². The van der Waals surface area contributed by atoms with E-state index in [4.69, 9.17) is 19.6 Å². The van der Waals surface area contributed by atoms with E-state index < -0.39 is 33.1 Å². The standard InChI is InChI=1S/C35H36N6O6S/c36-41-39-31-15-8-7-14-30(31)32-35(21-25-48(44,45)29-12-5-2-6-13-29,34(43)40-37-22-20-26-10-3-1-4-11-26)38-33(47-32)27-16-18-28(19-17-27)46-24-9-23-42/h1-8,10-19,32,37,42H,9,20-25H2,(H,40,43)/t32-,35-/m0/s1. The fourth-order valence-corrected chi connectivity index (χ4v) is 6.72. The first-order valence-corrected chi connectivity index (χ1v) is 17.1. The highest BCUT2D eigenvalue weighted by Gasteiger charge is 2.54. The van der Waals surface area contributed by atoms with Crippen LogP contribution in [0.3, 0.4) is 0 Å². The molecule has 0 radical (unpaired) electrons. The first-order valence-electron chi connectivity index (χ1n) is 15.5. The molecule has 48 heavy (non-hydrogen) atoms. The van der Waals surface area contributed by atoms with Gasteiger partial charge in [-0.05, 0) is 53.9 Å². The number of aliphatic hydroxyl groups excluding tert-OH is 1. The molecular weight excluding hydrogens is 632 g/mol. The molecule has 2 atom stereocenters. The summed E-state index contributed by atoms with van der Waals surface area (Å²) in [5, 5.41) is 12.9. The number of ether oxygens (including phenoxy) is 2. The molecule has 5 rings (SSSR count). The lowest BCUT2D eigenvalue weighted by Gasteiger charge is -2.31. The minimum Gasteiger partial charge on any atom is -0.494 e. The number of aliphatic imine (C=N–C) groups is 1. The monoisotopic (exact) mass is 668 g/mol. The molecule has 12 nitrogen and oxygen atoms in total. The van der Waals surface area contributed by atoms with Crippen molar-refractivity contribution >= 4 is 27.3 Å². The topological polar surface area (TPSA) is 175 Å². The summed E-state index contributed by atoms with van der Waals surface area (Å²) < 4.78 is 39.2. The Morgan fingerprint density at radius 1 is 0.979 bits per heavy atom.